The van der Waals surface area contributed by atoms with Crippen molar-refractivity contribution < 1.29 is 9.53 Å². The second-order valence-corrected chi connectivity index (χ2v) is 5.38. The van der Waals surface area contributed by atoms with E-state index >= 15 is 0 Å². The van der Waals surface area contributed by atoms with E-state index in [0.29, 0.717) is 11.7 Å². The molecule has 1 saturated heterocycles. The number of hydrogen-bond acceptors (Lipinski definition) is 5. The molecule has 1 atom stereocenters. The van der Waals surface area contributed by atoms with Crippen molar-refractivity contribution in [3.8, 4) is 0 Å². The van der Waals surface area contributed by atoms with Gasteiger partial charge in [-0.1, -0.05) is 0 Å². The molecule has 0 radical (unpaired) electrons. The molecule has 0 saturated carbocycles. The Labute approximate surface area is 141 Å². The Kier molecular flexibility index (Phi) is 6.15. The molecule has 124 valence electrons. The van der Waals surface area contributed by atoms with E-state index in [9.17, 15) is 4.79 Å². The number of piperazine rings is 1. The number of ether oxygens (including phenoxy) is 1. The van der Waals surface area contributed by atoms with E-state index in [2.05, 4.69) is 32.3 Å². The fourth-order valence-corrected chi connectivity index (χ4v) is 2.84. The number of pyridine rings is 1. The molecule has 0 amide bonds. The number of rotatable bonds is 4. The van der Waals surface area contributed by atoms with E-state index in [1.807, 2.05) is 24.7 Å². The molecule has 6 nitrogen and oxygen atoms in total. The van der Waals surface area contributed by atoms with Gasteiger partial charge in [0.25, 0.3) is 0 Å². The fourth-order valence-electron chi connectivity index (χ4n) is 2.84. The third-order valence-electron chi connectivity index (χ3n) is 3.98. The molecule has 1 aliphatic rings. The van der Waals surface area contributed by atoms with Gasteiger partial charge >= 0.3 is 5.97 Å². The summed E-state index contributed by atoms with van der Waals surface area (Å²) in [5.74, 6) is -0.336. The molecule has 2 N–H and O–H groups in total. The summed E-state index contributed by atoms with van der Waals surface area (Å²) >= 11 is 0. The first-order valence-electron chi connectivity index (χ1n) is 7.38. The third-order valence-corrected chi connectivity index (χ3v) is 3.98. The smallest absolute Gasteiger partial charge is 0.354 e. The molecule has 3 rings (SSSR count). The topological polar surface area (TPSA) is 70.2 Å². The molecule has 0 aliphatic carbocycles. The van der Waals surface area contributed by atoms with Crippen molar-refractivity contribution in [3.63, 3.8) is 0 Å². The summed E-state index contributed by atoms with van der Waals surface area (Å²) in [6.45, 7) is 3.64. The Morgan fingerprint density at radius 3 is 2.96 bits per heavy atom. The molecule has 0 aromatic carbocycles. The van der Waals surface area contributed by atoms with E-state index in [1.165, 1.54) is 12.7 Å². The monoisotopic (exact) mass is 336 g/mol. The number of carbonyl (C=O) groups excluding carboxylic acids is 1. The molecule has 7 heteroatoms. The van der Waals surface area contributed by atoms with Crippen LogP contribution in [-0.2, 0) is 11.3 Å². The molecule has 0 spiro atoms. The van der Waals surface area contributed by atoms with E-state index in [-0.39, 0.29) is 18.4 Å². The lowest BCUT2D eigenvalue weighted by Crippen LogP contribution is -2.45. The average Bonchev–Trinajstić information content (AvgIpc) is 3.04. The molecule has 1 unspecified atom stereocenters. The van der Waals surface area contributed by atoms with Crippen LogP contribution in [-0.4, -0.2) is 47.6 Å². The summed E-state index contributed by atoms with van der Waals surface area (Å²) in [6, 6.07) is 6.29. The highest BCUT2D eigenvalue weighted by Crippen LogP contribution is 2.23. The average molecular weight is 337 g/mol. The second kappa shape index (κ2) is 8.10. The lowest BCUT2D eigenvalue weighted by atomic mass is 10.0. The molecular formula is C16H21ClN4O2. The van der Waals surface area contributed by atoms with Crippen molar-refractivity contribution in [2.45, 2.75) is 12.6 Å². The molecular weight excluding hydrogens is 316 g/mol. The van der Waals surface area contributed by atoms with Crippen molar-refractivity contribution >= 4 is 18.4 Å². The highest BCUT2D eigenvalue weighted by Gasteiger charge is 2.24. The summed E-state index contributed by atoms with van der Waals surface area (Å²) in [7, 11) is 1.39. The molecule has 0 bridgehead atoms. The van der Waals surface area contributed by atoms with Gasteiger partial charge in [0.15, 0.2) is 0 Å². The van der Waals surface area contributed by atoms with Crippen LogP contribution in [0.1, 0.15) is 27.7 Å². The van der Waals surface area contributed by atoms with Crippen LogP contribution in [0.2, 0.25) is 0 Å². The number of aromatic amines is 1. The van der Waals surface area contributed by atoms with Crippen LogP contribution in [0.5, 0.6) is 0 Å². The first-order valence-corrected chi connectivity index (χ1v) is 7.38. The minimum absolute atomic E-state index is 0. The molecule has 1 aliphatic heterocycles. The number of H-pyrrole nitrogens is 1. The van der Waals surface area contributed by atoms with Crippen LogP contribution >= 0.6 is 12.4 Å². The van der Waals surface area contributed by atoms with Crippen LogP contribution in [0.4, 0.5) is 0 Å². The van der Waals surface area contributed by atoms with Crippen LogP contribution < -0.4 is 5.32 Å². The first kappa shape index (κ1) is 17.5. The zero-order valence-electron chi connectivity index (χ0n) is 13.0. The van der Waals surface area contributed by atoms with Crippen molar-refractivity contribution in [2.75, 3.05) is 26.7 Å². The van der Waals surface area contributed by atoms with Crippen LogP contribution in [0.25, 0.3) is 0 Å². The molecule has 2 aromatic heterocycles. The number of nitrogens with one attached hydrogen (secondary N) is 2. The Morgan fingerprint density at radius 1 is 1.43 bits per heavy atom. The highest BCUT2D eigenvalue weighted by atomic mass is 35.5. The van der Waals surface area contributed by atoms with Gasteiger partial charge in [0.2, 0.25) is 0 Å². The standard InChI is InChI=1S/C16H20N4O2.ClH/c1-22-16(21)14-8-12(9-19-14)11-20-7-6-18-10-15(20)13-2-4-17-5-3-13;/h2-5,8-9,15,18-19H,6-7,10-11H2,1H3;1H. The number of methoxy groups -OCH3 is 1. The van der Waals surface area contributed by atoms with E-state index in [1.54, 1.807) is 0 Å². The fraction of sp³-hybridized carbons (Fsp3) is 0.375. The molecule has 23 heavy (non-hydrogen) atoms. The lowest BCUT2D eigenvalue weighted by molar-refractivity contribution is 0.0594. The van der Waals surface area contributed by atoms with Crippen molar-refractivity contribution in [1.82, 2.24) is 20.2 Å². The van der Waals surface area contributed by atoms with Gasteiger partial charge < -0.3 is 15.0 Å². The summed E-state index contributed by atoms with van der Waals surface area (Å²) < 4.78 is 4.73. The van der Waals surface area contributed by atoms with Gasteiger partial charge in [0.05, 0.1) is 7.11 Å². The number of carbonyl (C=O) groups is 1. The maximum Gasteiger partial charge on any atom is 0.354 e. The van der Waals surface area contributed by atoms with Crippen molar-refractivity contribution in [3.05, 3.63) is 53.6 Å². The Morgan fingerprint density at radius 2 is 2.22 bits per heavy atom. The Hall–Kier alpha value is -1.89. The number of nitrogens with zero attached hydrogens (tertiary/aromatic N) is 2. The van der Waals surface area contributed by atoms with Gasteiger partial charge in [-0.3, -0.25) is 9.88 Å². The van der Waals surface area contributed by atoms with E-state index < -0.39 is 0 Å². The van der Waals surface area contributed by atoms with Gasteiger partial charge in [0, 0.05) is 50.8 Å². The van der Waals surface area contributed by atoms with Crippen LogP contribution in [0, 0.1) is 0 Å². The SMILES string of the molecule is COC(=O)c1cc(CN2CCNCC2c2ccncc2)c[nH]1.Cl. The zero-order chi connectivity index (χ0) is 15.4. The van der Waals surface area contributed by atoms with Gasteiger partial charge in [0.1, 0.15) is 5.69 Å². The Balaban J connectivity index is 0.00000192. The highest BCUT2D eigenvalue weighted by molar-refractivity contribution is 5.87. The van der Waals surface area contributed by atoms with E-state index in [4.69, 9.17) is 4.74 Å². The van der Waals surface area contributed by atoms with Crippen molar-refractivity contribution in [1.29, 1.82) is 0 Å². The maximum absolute atomic E-state index is 11.5. The predicted octanol–water partition coefficient (Wildman–Crippen LogP) is 1.76. The van der Waals surface area contributed by atoms with Gasteiger partial charge in [-0.25, -0.2) is 4.79 Å². The number of esters is 1. The molecule has 2 aromatic rings. The zero-order valence-corrected chi connectivity index (χ0v) is 13.8. The second-order valence-electron chi connectivity index (χ2n) is 5.38. The van der Waals surface area contributed by atoms with Crippen LogP contribution in [0.3, 0.4) is 0 Å². The largest absolute Gasteiger partial charge is 0.464 e. The minimum atomic E-state index is -0.336. The van der Waals surface area contributed by atoms with Gasteiger partial charge in [-0.15, -0.1) is 12.4 Å². The summed E-state index contributed by atoms with van der Waals surface area (Å²) in [4.78, 5) is 21.0. The normalized spacial score (nSPS) is 18.2. The summed E-state index contributed by atoms with van der Waals surface area (Å²) in [6.07, 6.45) is 5.53. The van der Waals surface area contributed by atoms with Gasteiger partial charge in [-0.05, 0) is 29.3 Å². The quantitative estimate of drug-likeness (QED) is 0.833. The Bertz CT molecular complexity index is 632. The lowest BCUT2D eigenvalue weighted by Gasteiger charge is -2.36. The number of halogens is 1. The molecule has 3 heterocycles. The van der Waals surface area contributed by atoms with Crippen molar-refractivity contribution in [2.24, 2.45) is 0 Å². The van der Waals surface area contributed by atoms with Crippen LogP contribution in [0.15, 0.2) is 36.8 Å². The number of hydrogen-bond donors (Lipinski definition) is 2. The summed E-state index contributed by atoms with van der Waals surface area (Å²) in [5, 5.41) is 3.44. The summed E-state index contributed by atoms with van der Waals surface area (Å²) in [5.41, 5.74) is 2.83. The van der Waals surface area contributed by atoms with E-state index in [0.717, 1.165) is 31.7 Å². The first-order chi connectivity index (χ1) is 10.8. The third kappa shape index (κ3) is 4.10. The maximum atomic E-state index is 11.5. The molecule has 1 fully saturated rings. The minimum Gasteiger partial charge on any atom is -0.464 e. The van der Waals surface area contributed by atoms with Gasteiger partial charge in [-0.2, -0.15) is 0 Å². The number of aromatic nitrogens is 2. The predicted molar refractivity (Wildman–Crippen MR) is 89.6 cm³/mol.